The minimum Gasteiger partial charge on any atom is -0.481 e. The van der Waals surface area contributed by atoms with Gasteiger partial charge in [-0.2, -0.15) is 0 Å². The number of rotatable bonds is 4. The second-order valence-corrected chi connectivity index (χ2v) is 4.99. The van der Waals surface area contributed by atoms with Gasteiger partial charge in [0.1, 0.15) is 0 Å². The smallest absolute Gasteiger partial charge is 0.261 e. The molecule has 6 heteroatoms. The fourth-order valence-corrected chi connectivity index (χ4v) is 2.45. The summed E-state index contributed by atoms with van der Waals surface area (Å²) in [4.78, 5) is 17.3. The van der Waals surface area contributed by atoms with Gasteiger partial charge in [-0.15, -0.1) is 24.0 Å². The number of carbonyl (C=O) groups excluding carboxylic acids is 1. The van der Waals surface area contributed by atoms with Crippen LogP contribution in [-0.2, 0) is 6.54 Å². The number of ether oxygens (including phenoxy) is 1. The van der Waals surface area contributed by atoms with Crippen molar-refractivity contribution < 1.29 is 9.53 Å². The van der Waals surface area contributed by atoms with Crippen LogP contribution >= 0.6 is 24.0 Å². The van der Waals surface area contributed by atoms with Crippen molar-refractivity contribution >= 4 is 29.9 Å². The third kappa shape index (κ3) is 3.24. The predicted molar refractivity (Wildman–Crippen MR) is 73.5 cm³/mol. The standard InChI is InChI=1S/C12H12N2O2S2/c1-16-11-4-8(2-3-13-11)6-14-12(15)10-5-9(17)7-18-10/h2-5,7,17H,6H2,1H3,(H,14,15). The summed E-state index contributed by atoms with van der Waals surface area (Å²) >= 11 is 5.54. The van der Waals surface area contributed by atoms with Gasteiger partial charge in [0, 0.05) is 29.1 Å². The molecule has 4 nitrogen and oxygen atoms in total. The molecule has 94 valence electrons. The van der Waals surface area contributed by atoms with Crippen LogP contribution < -0.4 is 10.1 Å². The van der Waals surface area contributed by atoms with Crippen LogP contribution in [-0.4, -0.2) is 18.0 Å². The van der Waals surface area contributed by atoms with Crippen molar-refractivity contribution in [3.05, 3.63) is 40.2 Å². The molecule has 0 fully saturated rings. The molecular formula is C12H12N2O2S2. The number of carbonyl (C=O) groups is 1. The van der Waals surface area contributed by atoms with Gasteiger partial charge in [-0.05, 0) is 17.7 Å². The predicted octanol–water partition coefficient (Wildman–Crippen LogP) is 2.37. The molecule has 0 radical (unpaired) electrons. The van der Waals surface area contributed by atoms with Crippen LogP contribution in [0.15, 0.2) is 34.7 Å². The topological polar surface area (TPSA) is 51.2 Å². The highest BCUT2D eigenvalue weighted by atomic mass is 32.1. The Hall–Kier alpha value is -1.53. The van der Waals surface area contributed by atoms with E-state index in [-0.39, 0.29) is 5.91 Å². The number of thiophene rings is 1. The first-order valence-electron chi connectivity index (χ1n) is 5.23. The molecule has 0 aromatic carbocycles. The van der Waals surface area contributed by atoms with E-state index in [0.717, 1.165) is 10.5 Å². The average molecular weight is 280 g/mol. The van der Waals surface area contributed by atoms with Gasteiger partial charge < -0.3 is 10.1 Å². The second kappa shape index (κ2) is 5.88. The first-order chi connectivity index (χ1) is 8.69. The molecule has 18 heavy (non-hydrogen) atoms. The average Bonchev–Trinajstić information content (AvgIpc) is 2.83. The zero-order valence-electron chi connectivity index (χ0n) is 9.71. The molecule has 0 aliphatic heterocycles. The monoisotopic (exact) mass is 280 g/mol. The Morgan fingerprint density at radius 2 is 2.39 bits per heavy atom. The Balaban J connectivity index is 1.97. The zero-order valence-corrected chi connectivity index (χ0v) is 11.4. The summed E-state index contributed by atoms with van der Waals surface area (Å²) in [6, 6.07) is 5.37. The first-order valence-corrected chi connectivity index (χ1v) is 6.56. The van der Waals surface area contributed by atoms with E-state index in [9.17, 15) is 4.79 Å². The third-order valence-electron chi connectivity index (χ3n) is 2.27. The van der Waals surface area contributed by atoms with Crippen molar-refractivity contribution in [2.45, 2.75) is 11.4 Å². The molecular weight excluding hydrogens is 268 g/mol. The summed E-state index contributed by atoms with van der Waals surface area (Å²) in [6.45, 7) is 0.442. The lowest BCUT2D eigenvalue weighted by Crippen LogP contribution is -2.21. The lowest BCUT2D eigenvalue weighted by atomic mass is 10.2. The van der Waals surface area contributed by atoms with Crippen LogP contribution in [0, 0.1) is 0 Å². The van der Waals surface area contributed by atoms with Gasteiger partial charge in [0.15, 0.2) is 0 Å². The molecule has 0 unspecified atom stereocenters. The van der Waals surface area contributed by atoms with Crippen molar-refractivity contribution in [1.82, 2.24) is 10.3 Å². The molecule has 2 rings (SSSR count). The highest BCUT2D eigenvalue weighted by Crippen LogP contribution is 2.17. The van der Waals surface area contributed by atoms with Gasteiger partial charge in [-0.25, -0.2) is 4.98 Å². The molecule has 2 aromatic heterocycles. The minimum absolute atomic E-state index is 0.101. The lowest BCUT2D eigenvalue weighted by Gasteiger charge is -2.05. The van der Waals surface area contributed by atoms with E-state index in [2.05, 4.69) is 22.9 Å². The number of pyridine rings is 1. The van der Waals surface area contributed by atoms with Gasteiger partial charge in [0.25, 0.3) is 5.91 Å². The van der Waals surface area contributed by atoms with E-state index in [1.807, 2.05) is 11.4 Å². The van der Waals surface area contributed by atoms with Crippen LogP contribution in [0.25, 0.3) is 0 Å². The van der Waals surface area contributed by atoms with E-state index < -0.39 is 0 Å². The van der Waals surface area contributed by atoms with Gasteiger partial charge in [0.05, 0.1) is 12.0 Å². The fourth-order valence-electron chi connectivity index (χ4n) is 1.39. The van der Waals surface area contributed by atoms with Crippen LogP contribution in [0.3, 0.4) is 0 Å². The summed E-state index contributed by atoms with van der Waals surface area (Å²) in [5.74, 6) is 0.437. The summed E-state index contributed by atoms with van der Waals surface area (Å²) in [6.07, 6.45) is 1.65. The first kappa shape index (κ1) is 12.9. The molecule has 2 heterocycles. The van der Waals surface area contributed by atoms with Gasteiger partial charge in [-0.3, -0.25) is 4.79 Å². The van der Waals surface area contributed by atoms with Crippen LogP contribution in [0.4, 0.5) is 0 Å². The van der Waals surface area contributed by atoms with Crippen LogP contribution in [0.2, 0.25) is 0 Å². The maximum Gasteiger partial charge on any atom is 0.261 e. The summed E-state index contributed by atoms with van der Waals surface area (Å²) in [7, 11) is 1.56. The van der Waals surface area contributed by atoms with E-state index in [1.165, 1.54) is 11.3 Å². The Labute approximate surface area is 114 Å². The second-order valence-electron chi connectivity index (χ2n) is 3.56. The Bertz CT molecular complexity index is 555. The van der Waals surface area contributed by atoms with Crippen molar-refractivity contribution in [1.29, 1.82) is 0 Å². The number of hydrogen-bond acceptors (Lipinski definition) is 5. The number of thiol groups is 1. The maximum absolute atomic E-state index is 11.8. The Morgan fingerprint density at radius 1 is 1.56 bits per heavy atom. The summed E-state index contributed by atoms with van der Waals surface area (Å²) in [5.41, 5.74) is 0.942. The lowest BCUT2D eigenvalue weighted by molar-refractivity contribution is 0.0955. The number of aromatic nitrogens is 1. The number of nitrogens with zero attached hydrogens (tertiary/aromatic N) is 1. The number of hydrogen-bond donors (Lipinski definition) is 2. The third-order valence-corrected chi connectivity index (χ3v) is 3.63. The molecule has 0 saturated carbocycles. The maximum atomic E-state index is 11.8. The van der Waals surface area contributed by atoms with Crippen molar-refractivity contribution in [3.8, 4) is 5.88 Å². The van der Waals surface area contributed by atoms with Crippen molar-refractivity contribution in [2.24, 2.45) is 0 Å². The molecule has 0 bridgehead atoms. The Morgan fingerprint density at radius 3 is 3.06 bits per heavy atom. The molecule has 1 N–H and O–H groups in total. The van der Waals surface area contributed by atoms with Crippen molar-refractivity contribution in [3.63, 3.8) is 0 Å². The number of nitrogens with one attached hydrogen (secondary N) is 1. The minimum atomic E-state index is -0.101. The molecule has 1 amide bonds. The highest BCUT2D eigenvalue weighted by molar-refractivity contribution is 7.80. The molecule has 0 atom stereocenters. The van der Waals surface area contributed by atoms with Gasteiger partial charge >= 0.3 is 0 Å². The highest BCUT2D eigenvalue weighted by Gasteiger charge is 2.07. The van der Waals surface area contributed by atoms with Crippen LogP contribution in [0.5, 0.6) is 5.88 Å². The van der Waals surface area contributed by atoms with Gasteiger partial charge in [-0.1, -0.05) is 0 Å². The van der Waals surface area contributed by atoms with E-state index in [4.69, 9.17) is 4.74 Å². The molecule has 2 aromatic rings. The van der Waals surface area contributed by atoms with Gasteiger partial charge in [0.2, 0.25) is 5.88 Å². The molecule has 0 aliphatic rings. The molecule has 0 saturated heterocycles. The summed E-state index contributed by atoms with van der Waals surface area (Å²) in [5, 5.41) is 4.66. The molecule has 0 spiro atoms. The largest absolute Gasteiger partial charge is 0.481 e. The quantitative estimate of drug-likeness (QED) is 0.845. The molecule has 0 aliphatic carbocycles. The number of methoxy groups -OCH3 is 1. The number of amides is 1. The normalized spacial score (nSPS) is 10.1. The van der Waals surface area contributed by atoms with E-state index in [1.54, 1.807) is 25.4 Å². The van der Waals surface area contributed by atoms with Crippen molar-refractivity contribution in [2.75, 3.05) is 7.11 Å². The van der Waals surface area contributed by atoms with E-state index >= 15 is 0 Å². The van der Waals surface area contributed by atoms with E-state index in [0.29, 0.717) is 17.3 Å². The Kier molecular flexibility index (Phi) is 4.22. The zero-order chi connectivity index (χ0) is 13.0. The summed E-state index contributed by atoms with van der Waals surface area (Å²) < 4.78 is 5.02. The SMILES string of the molecule is COc1cc(CNC(=O)c2cc(S)cs2)ccn1. The fraction of sp³-hybridized carbons (Fsp3) is 0.167. The van der Waals surface area contributed by atoms with Crippen LogP contribution in [0.1, 0.15) is 15.2 Å².